The van der Waals surface area contributed by atoms with Gasteiger partial charge in [-0.15, -0.1) is 0 Å². The zero-order valence-corrected chi connectivity index (χ0v) is 14.1. The van der Waals surface area contributed by atoms with Crippen molar-refractivity contribution in [2.75, 3.05) is 10.5 Å². The van der Waals surface area contributed by atoms with E-state index in [0.29, 0.717) is 0 Å². The average molecular weight is 414 g/mol. The number of benzene rings is 2. The number of hydrogen-bond donors (Lipinski definition) is 2. The molecule has 4 nitrogen and oxygen atoms in total. The Morgan fingerprint density at radius 2 is 1.86 bits per heavy atom. The standard InChI is InChI=1S/C12H8BrCl2FN2O2S/c13-12-9(17)3-6(14)4-11(12)21(19,20)18-10-5-7(16)1-2-8(10)15/h1-5,18H,17H2. The highest BCUT2D eigenvalue weighted by Gasteiger charge is 2.21. The molecule has 3 N–H and O–H groups in total. The molecule has 0 radical (unpaired) electrons. The summed E-state index contributed by atoms with van der Waals surface area (Å²) in [5, 5.41) is 0.215. The summed E-state index contributed by atoms with van der Waals surface area (Å²) in [4.78, 5) is -0.173. The number of nitrogens with two attached hydrogens (primary N) is 1. The molecule has 0 saturated heterocycles. The average Bonchev–Trinajstić information content (AvgIpc) is 2.37. The van der Waals surface area contributed by atoms with Crippen LogP contribution < -0.4 is 10.5 Å². The van der Waals surface area contributed by atoms with E-state index in [1.165, 1.54) is 18.2 Å². The maximum absolute atomic E-state index is 13.2. The van der Waals surface area contributed by atoms with Gasteiger partial charge < -0.3 is 5.73 Å². The summed E-state index contributed by atoms with van der Waals surface area (Å²) in [6.45, 7) is 0. The normalized spacial score (nSPS) is 11.4. The van der Waals surface area contributed by atoms with Crippen molar-refractivity contribution in [1.82, 2.24) is 0 Å². The Balaban J connectivity index is 2.51. The van der Waals surface area contributed by atoms with E-state index in [2.05, 4.69) is 20.7 Å². The first-order valence-electron chi connectivity index (χ1n) is 5.43. The van der Waals surface area contributed by atoms with Gasteiger partial charge in [0.1, 0.15) is 10.7 Å². The van der Waals surface area contributed by atoms with Crippen LogP contribution in [-0.4, -0.2) is 8.42 Å². The van der Waals surface area contributed by atoms with Crippen LogP contribution in [0, 0.1) is 5.82 Å². The molecular weight excluding hydrogens is 406 g/mol. The molecule has 21 heavy (non-hydrogen) atoms. The van der Waals surface area contributed by atoms with Crippen LogP contribution in [0.15, 0.2) is 39.7 Å². The molecule has 0 aliphatic heterocycles. The van der Waals surface area contributed by atoms with Crippen molar-refractivity contribution in [2.45, 2.75) is 4.90 Å². The van der Waals surface area contributed by atoms with E-state index < -0.39 is 15.8 Å². The van der Waals surface area contributed by atoms with Gasteiger partial charge in [-0.1, -0.05) is 23.2 Å². The summed E-state index contributed by atoms with van der Waals surface area (Å²) in [6.07, 6.45) is 0. The third kappa shape index (κ3) is 3.60. The van der Waals surface area contributed by atoms with Gasteiger partial charge >= 0.3 is 0 Å². The van der Waals surface area contributed by atoms with Gasteiger partial charge in [-0.05, 0) is 46.3 Å². The highest BCUT2D eigenvalue weighted by Crippen LogP contribution is 2.33. The van der Waals surface area contributed by atoms with Crippen LogP contribution in [0.2, 0.25) is 10.0 Å². The minimum atomic E-state index is -4.04. The first-order valence-corrected chi connectivity index (χ1v) is 8.46. The quantitative estimate of drug-likeness (QED) is 0.737. The topological polar surface area (TPSA) is 72.2 Å². The smallest absolute Gasteiger partial charge is 0.263 e. The lowest BCUT2D eigenvalue weighted by Crippen LogP contribution is -2.14. The molecular formula is C12H8BrCl2FN2O2S. The Morgan fingerprint density at radius 3 is 2.52 bits per heavy atom. The van der Waals surface area contributed by atoms with E-state index in [4.69, 9.17) is 28.9 Å². The zero-order valence-electron chi connectivity index (χ0n) is 10.2. The molecule has 112 valence electrons. The number of sulfonamides is 1. The summed E-state index contributed by atoms with van der Waals surface area (Å²) < 4.78 is 40.3. The molecule has 2 aromatic rings. The lowest BCUT2D eigenvalue weighted by atomic mass is 10.3. The van der Waals surface area contributed by atoms with Crippen molar-refractivity contribution < 1.29 is 12.8 Å². The van der Waals surface area contributed by atoms with Gasteiger partial charge in [0.15, 0.2) is 0 Å². The predicted octanol–water partition coefficient (Wildman–Crippen LogP) is 4.28. The summed E-state index contributed by atoms with van der Waals surface area (Å²) >= 11 is 14.7. The molecule has 0 amide bonds. The molecule has 0 aliphatic rings. The highest BCUT2D eigenvalue weighted by atomic mass is 79.9. The highest BCUT2D eigenvalue weighted by molar-refractivity contribution is 9.10. The van der Waals surface area contributed by atoms with Crippen LogP contribution in [0.1, 0.15) is 0 Å². The summed E-state index contributed by atoms with van der Waals surface area (Å²) in [5.74, 6) is -0.623. The van der Waals surface area contributed by atoms with Crippen molar-refractivity contribution >= 4 is 60.5 Å². The fraction of sp³-hybridized carbons (Fsp3) is 0. The van der Waals surface area contributed by atoms with Gasteiger partial charge in [0, 0.05) is 10.7 Å². The largest absolute Gasteiger partial charge is 0.398 e. The monoisotopic (exact) mass is 412 g/mol. The Labute approximate surface area is 139 Å². The van der Waals surface area contributed by atoms with Crippen molar-refractivity contribution in [3.05, 3.63) is 50.7 Å². The van der Waals surface area contributed by atoms with Crippen LogP contribution in [0.4, 0.5) is 15.8 Å². The maximum Gasteiger partial charge on any atom is 0.263 e. The van der Waals surface area contributed by atoms with Gasteiger partial charge in [-0.25, -0.2) is 12.8 Å². The molecule has 2 rings (SSSR count). The van der Waals surface area contributed by atoms with Gasteiger partial charge in [-0.2, -0.15) is 0 Å². The van der Waals surface area contributed by atoms with Crippen LogP contribution in [-0.2, 0) is 10.0 Å². The molecule has 0 unspecified atom stereocenters. The van der Waals surface area contributed by atoms with Crippen molar-refractivity contribution in [2.24, 2.45) is 0 Å². The number of nitrogens with one attached hydrogen (secondary N) is 1. The minimum absolute atomic E-state index is 0.0612. The summed E-state index contributed by atoms with van der Waals surface area (Å²) in [6, 6.07) is 5.96. The number of hydrogen-bond acceptors (Lipinski definition) is 3. The Morgan fingerprint density at radius 1 is 1.19 bits per heavy atom. The van der Waals surface area contributed by atoms with Crippen LogP contribution >= 0.6 is 39.1 Å². The fourth-order valence-electron chi connectivity index (χ4n) is 1.56. The molecule has 0 aliphatic carbocycles. The second-order valence-electron chi connectivity index (χ2n) is 4.04. The van der Waals surface area contributed by atoms with E-state index in [0.717, 1.165) is 12.1 Å². The van der Waals surface area contributed by atoms with Gasteiger partial charge in [-0.3, -0.25) is 4.72 Å². The number of nitrogen functional groups attached to an aromatic ring is 1. The second kappa shape index (κ2) is 6.00. The van der Waals surface area contributed by atoms with Crippen LogP contribution in [0.5, 0.6) is 0 Å². The summed E-state index contributed by atoms with van der Waals surface area (Å²) in [7, 11) is -4.04. The van der Waals surface area contributed by atoms with Crippen LogP contribution in [0.25, 0.3) is 0 Å². The molecule has 0 heterocycles. The van der Waals surface area contributed by atoms with Crippen molar-refractivity contribution in [3.8, 4) is 0 Å². The predicted molar refractivity (Wildman–Crippen MR) is 85.8 cm³/mol. The first kappa shape index (κ1) is 16.4. The van der Waals surface area contributed by atoms with Crippen molar-refractivity contribution in [1.29, 1.82) is 0 Å². The summed E-state index contributed by atoms with van der Waals surface area (Å²) in [5.41, 5.74) is 5.73. The zero-order chi connectivity index (χ0) is 15.8. The lowest BCUT2D eigenvalue weighted by Gasteiger charge is -2.12. The SMILES string of the molecule is Nc1cc(Cl)cc(S(=O)(=O)Nc2cc(F)ccc2Cl)c1Br. The molecule has 0 saturated carbocycles. The molecule has 0 fully saturated rings. The van der Waals surface area contributed by atoms with Gasteiger partial charge in [0.05, 0.1) is 15.2 Å². The third-order valence-corrected chi connectivity index (χ3v) is 5.58. The molecule has 0 aromatic heterocycles. The molecule has 2 aromatic carbocycles. The Hall–Kier alpha value is -1.02. The second-order valence-corrected chi connectivity index (χ2v) is 7.32. The van der Waals surface area contributed by atoms with E-state index in [-0.39, 0.29) is 30.8 Å². The fourth-order valence-corrected chi connectivity index (χ4v) is 4.14. The van der Waals surface area contributed by atoms with E-state index in [1.807, 2.05) is 0 Å². The Bertz CT molecular complexity index is 815. The molecule has 0 atom stereocenters. The first-order chi connectivity index (χ1) is 9.70. The van der Waals surface area contributed by atoms with Gasteiger partial charge in [0.2, 0.25) is 0 Å². The number of rotatable bonds is 3. The van der Waals surface area contributed by atoms with E-state index in [1.54, 1.807) is 0 Å². The minimum Gasteiger partial charge on any atom is -0.398 e. The van der Waals surface area contributed by atoms with Gasteiger partial charge in [0.25, 0.3) is 10.0 Å². The van der Waals surface area contributed by atoms with Crippen LogP contribution in [0.3, 0.4) is 0 Å². The van der Waals surface area contributed by atoms with Crippen molar-refractivity contribution in [3.63, 3.8) is 0 Å². The molecule has 0 bridgehead atoms. The third-order valence-electron chi connectivity index (χ3n) is 2.49. The Kier molecular flexibility index (Phi) is 4.67. The molecule has 0 spiro atoms. The van der Waals surface area contributed by atoms with E-state index in [9.17, 15) is 12.8 Å². The number of anilines is 2. The number of halogens is 4. The van der Waals surface area contributed by atoms with E-state index >= 15 is 0 Å². The molecule has 9 heteroatoms. The maximum atomic E-state index is 13.2. The lowest BCUT2D eigenvalue weighted by molar-refractivity contribution is 0.600.